The molecule has 7 heteroatoms. The van der Waals surface area contributed by atoms with Gasteiger partial charge >= 0.3 is 0 Å². The molecule has 2 rings (SSSR count). The summed E-state index contributed by atoms with van der Waals surface area (Å²) in [5.74, 6) is 0. The highest BCUT2D eigenvalue weighted by molar-refractivity contribution is 9.10. The number of aromatic nitrogens is 3. The van der Waals surface area contributed by atoms with Crippen LogP contribution in [0.15, 0.2) is 23.2 Å². The van der Waals surface area contributed by atoms with Gasteiger partial charge in [0.05, 0.1) is 24.6 Å². The Hall–Kier alpha value is -1.08. The summed E-state index contributed by atoms with van der Waals surface area (Å²) >= 11 is 3.24. The molecule has 4 nitrogen and oxygen atoms in total. The molecule has 0 aliphatic heterocycles. The van der Waals surface area contributed by atoms with E-state index in [9.17, 15) is 8.78 Å². The van der Waals surface area contributed by atoms with Crippen LogP contribution in [0.1, 0.15) is 5.69 Å². The average molecular weight is 291 g/mol. The third kappa shape index (κ3) is 2.53. The van der Waals surface area contributed by atoms with Crippen molar-refractivity contribution in [1.82, 2.24) is 19.7 Å². The van der Waals surface area contributed by atoms with E-state index in [1.165, 1.54) is 0 Å². The molecular weight excluding hydrogens is 282 g/mol. The van der Waals surface area contributed by atoms with Crippen molar-refractivity contribution in [2.75, 3.05) is 6.54 Å². The maximum absolute atomic E-state index is 11.9. The summed E-state index contributed by atoms with van der Waals surface area (Å²) in [5.41, 5.74) is 1.51. The van der Waals surface area contributed by atoms with Crippen molar-refractivity contribution < 1.29 is 8.78 Å². The van der Waals surface area contributed by atoms with Gasteiger partial charge in [-0.2, -0.15) is 0 Å². The fourth-order valence-electron chi connectivity index (χ4n) is 1.36. The Morgan fingerprint density at radius 1 is 1.38 bits per heavy atom. The second-order valence-electron chi connectivity index (χ2n) is 3.21. The number of fused-ring (bicyclic) bond motifs is 1. The van der Waals surface area contributed by atoms with E-state index in [4.69, 9.17) is 0 Å². The van der Waals surface area contributed by atoms with Crippen molar-refractivity contribution in [2.24, 2.45) is 0 Å². The van der Waals surface area contributed by atoms with Gasteiger partial charge in [0, 0.05) is 12.7 Å². The number of nitrogens with one attached hydrogen (secondary N) is 1. The zero-order valence-corrected chi connectivity index (χ0v) is 9.79. The quantitative estimate of drug-likeness (QED) is 0.934. The molecule has 0 saturated heterocycles. The van der Waals surface area contributed by atoms with E-state index < -0.39 is 6.43 Å². The van der Waals surface area contributed by atoms with Crippen LogP contribution < -0.4 is 5.32 Å². The van der Waals surface area contributed by atoms with Crippen LogP contribution in [-0.2, 0) is 6.54 Å². The zero-order valence-electron chi connectivity index (χ0n) is 8.20. The summed E-state index contributed by atoms with van der Waals surface area (Å²) in [6.07, 6.45) is 2.66. The van der Waals surface area contributed by atoms with E-state index in [0.29, 0.717) is 16.8 Å². The molecule has 0 saturated carbocycles. The Balaban J connectivity index is 2.15. The van der Waals surface area contributed by atoms with Crippen LogP contribution in [0.25, 0.3) is 5.65 Å². The predicted octanol–water partition coefficient (Wildman–Crippen LogP) is 1.85. The summed E-state index contributed by atoms with van der Waals surface area (Å²) in [6, 6.07) is 0. The lowest BCUT2D eigenvalue weighted by Crippen LogP contribution is -2.21. The van der Waals surface area contributed by atoms with Gasteiger partial charge in [0.2, 0.25) is 0 Å². The van der Waals surface area contributed by atoms with Crippen LogP contribution in [0.3, 0.4) is 0 Å². The summed E-state index contributed by atoms with van der Waals surface area (Å²) in [5, 5.41) is 2.65. The van der Waals surface area contributed by atoms with Crippen molar-refractivity contribution >= 4 is 21.6 Å². The number of hydrogen-bond acceptors (Lipinski definition) is 3. The minimum Gasteiger partial charge on any atom is -0.306 e. The zero-order chi connectivity index (χ0) is 11.5. The molecule has 0 spiro atoms. The summed E-state index contributed by atoms with van der Waals surface area (Å²) in [6.45, 7) is 0.0292. The van der Waals surface area contributed by atoms with Crippen LogP contribution >= 0.6 is 15.9 Å². The van der Waals surface area contributed by atoms with Gasteiger partial charge in [0.15, 0.2) is 5.65 Å². The van der Waals surface area contributed by atoms with Crippen LogP contribution in [0, 0.1) is 0 Å². The SMILES string of the molecule is FC(F)CNCc1cnc2cnc(Br)cn12. The molecule has 0 fully saturated rings. The third-order valence-electron chi connectivity index (χ3n) is 2.05. The number of rotatable bonds is 4. The Morgan fingerprint density at radius 2 is 2.19 bits per heavy atom. The van der Waals surface area contributed by atoms with Crippen molar-refractivity contribution in [3.05, 3.63) is 28.9 Å². The maximum atomic E-state index is 11.9. The summed E-state index contributed by atoms with van der Waals surface area (Å²) < 4.78 is 26.4. The highest BCUT2D eigenvalue weighted by Crippen LogP contribution is 2.10. The topological polar surface area (TPSA) is 42.2 Å². The first-order valence-corrected chi connectivity index (χ1v) is 5.42. The fraction of sp³-hybridized carbons (Fsp3) is 0.333. The maximum Gasteiger partial charge on any atom is 0.250 e. The molecule has 2 heterocycles. The first-order valence-electron chi connectivity index (χ1n) is 4.63. The number of nitrogens with zero attached hydrogens (tertiary/aromatic N) is 3. The van der Waals surface area contributed by atoms with Crippen LogP contribution in [0.4, 0.5) is 8.78 Å². The molecule has 0 bridgehead atoms. The molecule has 86 valence electrons. The highest BCUT2D eigenvalue weighted by Gasteiger charge is 2.05. The number of imidazole rings is 1. The second-order valence-corrected chi connectivity index (χ2v) is 4.02. The van der Waals surface area contributed by atoms with Gasteiger partial charge in [0.25, 0.3) is 6.43 Å². The van der Waals surface area contributed by atoms with Crippen LogP contribution in [0.2, 0.25) is 0 Å². The molecule has 0 radical (unpaired) electrons. The van der Waals surface area contributed by atoms with Gasteiger partial charge in [-0.3, -0.25) is 4.40 Å². The first kappa shape index (κ1) is 11.4. The van der Waals surface area contributed by atoms with Crippen molar-refractivity contribution in [3.8, 4) is 0 Å². The Bertz CT molecular complexity index is 485. The average Bonchev–Trinajstić information content (AvgIpc) is 2.60. The molecule has 0 amide bonds. The van der Waals surface area contributed by atoms with Crippen molar-refractivity contribution in [1.29, 1.82) is 0 Å². The van der Waals surface area contributed by atoms with E-state index in [0.717, 1.165) is 5.69 Å². The standard InChI is InChI=1S/C9H9BrF2N4/c10-7-5-16-6(1-13-3-8(11)12)2-15-9(16)4-14-7/h2,4-5,8,13H,1,3H2. The van der Waals surface area contributed by atoms with E-state index in [-0.39, 0.29) is 6.54 Å². The van der Waals surface area contributed by atoms with Gasteiger partial charge in [-0.05, 0) is 15.9 Å². The van der Waals surface area contributed by atoms with Gasteiger partial charge in [-0.1, -0.05) is 0 Å². The molecule has 16 heavy (non-hydrogen) atoms. The summed E-state index contributed by atoms with van der Waals surface area (Å²) in [4.78, 5) is 8.13. The molecule has 0 aromatic carbocycles. The lowest BCUT2D eigenvalue weighted by molar-refractivity contribution is 0.145. The molecule has 2 aromatic rings. The van der Waals surface area contributed by atoms with E-state index >= 15 is 0 Å². The largest absolute Gasteiger partial charge is 0.306 e. The molecular formula is C9H9BrF2N4. The lowest BCUT2D eigenvalue weighted by Gasteiger charge is -2.03. The second kappa shape index (κ2) is 4.84. The highest BCUT2D eigenvalue weighted by atomic mass is 79.9. The normalized spacial score (nSPS) is 11.5. The lowest BCUT2D eigenvalue weighted by atomic mass is 10.4. The number of hydrogen-bond donors (Lipinski definition) is 1. The third-order valence-corrected chi connectivity index (χ3v) is 2.46. The Kier molecular flexibility index (Phi) is 3.45. The molecule has 0 atom stereocenters. The Labute approximate surface area is 98.8 Å². The van der Waals surface area contributed by atoms with Crippen LogP contribution in [0.5, 0.6) is 0 Å². The summed E-state index contributed by atoms with van der Waals surface area (Å²) in [7, 11) is 0. The molecule has 0 aliphatic rings. The number of halogens is 3. The predicted molar refractivity (Wildman–Crippen MR) is 58.4 cm³/mol. The van der Waals surface area contributed by atoms with E-state index in [1.54, 1.807) is 23.0 Å². The Morgan fingerprint density at radius 3 is 2.94 bits per heavy atom. The van der Waals surface area contributed by atoms with E-state index in [2.05, 4.69) is 31.2 Å². The minimum atomic E-state index is -2.34. The smallest absolute Gasteiger partial charge is 0.250 e. The fourth-order valence-corrected chi connectivity index (χ4v) is 1.66. The molecule has 1 N–H and O–H groups in total. The van der Waals surface area contributed by atoms with Gasteiger partial charge in [0.1, 0.15) is 4.60 Å². The molecule has 0 unspecified atom stereocenters. The molecule has 2 aromatic heterocycles. The monoisotopic (exact) mass is 290 g/mol. The van der Waals surface area contributed by atoms with Crippen molar-refractivity contribution in [3.63, 3.8) is 0 Å². The first-order chi connectivity index (χ1) is 7.66. The van der Waals surface area contributed by atoms with Gasteiger partial charge in [-0.25, -0.2) is 18.7 Å². The molecule has 0 aliphatic carbocycles. The van der Waals surface area contributed by atoms with Gasteiger partial charge in [-0.15, -0.1) is 0 Å². The minimum absolute atomic E-state index is 0.320. The van der Waals surface area contributed by atoms with Gasteiger partial charge < -0.3 is 5.32 Å². The number of alkyl halides is 2. The van der Waals surface area contributed by atoms with Crippen LogP contribution in [-0.4, -0.2) is 27.3 Å². The van der Waals surface area contributed by atoms with Crippen molar-refractivity contribution in [2.45, 2.75) is 13.0 Å². The van der Waals surface area contributed by atoms with E-state index in [1.807, 2.05) is 0 Å².